The fourth-order valence-electron chi connectivity index (χ4n) is 3.79. The van der Waals surface area contributed by atoms with Crippen molar-refractivity contribution in [1.82, 2.24) is 4.98 Å². The largest absolute Gasteiger partial charge is 0.501 e. The highest BCUT2D eigenvalue weighted by atomic mass is 32.2. The number of amides is 3. The Hall–Kier alpha value is -3.15. The highest BCUT2D eigenvalue weighted by molar-refractivity contribution is 7.92. The molecule has 0 radical (unpaired) electrons. The van der Waals surface area contributed by atoms with Gasteiger partial charge in [0.1, 0.15) is 5.54 Å². The first-order valence-electron chi connectivity index (χ1n) is 9.05. The third kappa shape index (κ3) is 2.96. The number of sulfone groups is 1. The number of rotatable bonds is 4. The number of imide groups is 1. The molecule has 2 atom stereocenters. The molecular weight excluding hydrogens is 439 g/mol. The zero-order chi connectivity index (χ0) is 22.8. The van der Waals surface area contributed by atoms with Gasteiger partial charge in [-0.15, -0.1) is 0 Å². The highest BCUT2D eigenvalue weighted by Gasteiger charge is 2.70. The molecule has 1 saturated heterocycles. The number of ether oxygens (including phenoxy) is 1. The van der Waals surface area contributed by atoms with Gasteiger partial charge in [-0.2, -0.15) is 13.2 Å². The van der Waals surface area contributed by atoms with Crippen molar-refractivity contribution in [3.63, 3.8) is 0 Å². The van der Waals surface area contributed by atoms with Gasteiger partial charge in [0.05, 0.1) is 23.4 Å². The second kappa shape index (κ2) is 6.67. The third-order valence-corrected chi connectivity index (χ3v) is 7.03. The summed E-state index contributed by atoms with van der Waals surface area (Å²) in [6.07, 6.45) is 1.82. The fourth-order valence-corrected chi connectivity index (χ4v) is 4.55. The summed E-state index contributed by atoms with van der Waals surface area (Å²) in [5, 5.41) is 0. The van der Waals surface area contributed by atoms with E-state index in [1.54, 1.807) is 13.0 Å². The summed E-state index contributed by atoms with van der Waals surface area (Å²) < 4.78 is 66.5. The molecule has 3 amide bonds. The van der Waals surface area contributed by atoms with Crippen LogP contribution in [0, 0.1) is 5.92 Å². The summed E-state index contributed by atoms with van der Waals surface area (Å²) in [4.78, 5) is 31.6. The summed E-state index contributed by atoms with van der Waals surface area (Å²) in [5.74, 6) is -0.452. The fraction of sp³-hybridized carbons (Fsp3) is 0.316. The Kier molecular flexibility index (Phi) is 4.54. The van der Waals surface area contributed by atoms with E-state index in [4.69, 9.17) is 4.74 Å². The lowest BCUT2D eigenvalue weighted by Crippen LogP contribution is -2.38. The van der Waals surface area contributed by atoms with Crippen LogP contribution in [0.3, 0.4) is 0 Å². The quantitative estimate of drug-likeness (QED) is 0.658. The van der Waals surface area contributed by atoms with Gasteiger partial charge < -0.3 is 4.74 Å². The van der Waals surface area contributed by atoms with Crippen LogP contribution in [-0.4, -0.2) is 43.5 Å². The first kappa shape index (κ1) is 21.1. The SMILES string of the molecule is COc1cc(N2C(=O)N(c3ccc(S(=O)(=O)C(F)(F)F)cc3)C(=O)C23CC3C)ccn1. The Morgan fingerprint density at radius 3 is 2.26 bits per heavy atom. The van der Waals surface area contributed by atoms with E-state index in [1.807, 2.05) is 0 Å². The van der Waals surface area contributed by atoms with Gasteiger partial charge in [-0.25, -0.2) is 23.1 Å². The molecule has 1 aliphatic carbocycles. The van der Waals surface area contributed by atoms with Gasteiger partial charge in [-0.05, 0) is 42.7 Å². The van der Waals surface area contributed by atoms with Gasteiger partial charge in [-0.1, -0.05) is 6.92 Å². The second-order valence-corrected chi connectivity index (χ2v) is 9.23. The van der Waals surface area contributed by atoms with E-state index >= 15 is 0 Å². The predicted molar refractivity (Wildman–Crippen MR) is 102 cm³/mol. The van der Waals surface area contributed by atoms with Crippen molar-refractivity contribution in [2.75, 3.05) is 16.9 Å². The van der Waals surface area contributed by atoms with Crippen LogP contribution >= 0.6 is 0 Å². The number of aromatic nitrogens is 1. The first-order chi connectivity index (χ1) is 14.4. The van der Waals surface area contributed by atoms with Crippen molar-refractivity contribution >= 4 is 33.2 Å². The number of carbonyl (C=O) groups is 2. The maximum absolute atomic E-state index is 13.2. The van der Waals surface area contributed by atoms with E-state index in [9.17, 15) is 31.2 Å². The van der Waals surface area contributed by atoms with E-state index in [0.29, 0.717) is 12.1 Å². The molecule has 8 nitrogen and oxygen atoms in total. The Balaban J connectivity index is 1.74. The standard InChI is InChI=1S/C19H16F3N3O5S/c1-11-10-18(11)16(26)24(17(27)25(18)13-7-8-23-15(9-13)30-2)12-3-5-14(6-4-12)31(28,29)19(20,21)22/h3-9,11H,10H2,1-2H3. The Labute approximate surface area is 175 Å². The molecular formula is C19H16F3N3O5S. The number of methoxy groups -OCH3 is 1. The summed E-state index contributed by atoms with van der Waals surface area (Å²) in [7, 11) is -4.14. The van der Waals surface area contributed by atoms with Crippen molar-refractivity contribution in [3.8, 4) is 5.88 Å². The smallest absolute Gasteiger partial charge is 0.481 e. The predicted octanol–water partition coefficient (Wildman–Crippen LogP) is 3.14. The van der Waals surface area contributed by atoms with Gasteiger partial charge in [0.2, 0.25) is 5.88 Å². The lowest BCUT2D eigenvalue weighted by molar-refractivity contribution is -0.119. The molecule has 31 heavy (non-hydrogen) atoms. The van der Waals surface area contributed by atoms with E-state index in [1.165, 1.54) is 24.3 Å². The zero-order valence-electron chi connectivity index (χ0n) is 16.3. The number of alkyl halides is 3. The zero-order valence-corrected chi connectivity index (χ0v) is 17.1. The van der Waals surface area contributed by atoms with Crippen LogP contribution in [0.5, 0.6) is 5.88 Å². The number of hydrogen-bond acceptors (Lipinski definition) is 6. The van der Waals surface area contributed by atoms with Crippen LogP contribution in [0.25, 0.3) is 0 Å². The molecule has 1 spiro atoms. The Morgan fingerprint density at radius 1 is 1.13 bits per heavy atom. The summed E-state index contributed by atoms with van der Waals surface area (Å²) >= 11 is 0. The van der Waals surface area contributed by atoms with Crippen molar-refractivity contribution in [3.05, 3.63) is 42.6 Å². The molecule has 1 aromatic heterocycles. The van der Waals surface area contributed by atoms with Crippen LogP contribution in [0.15, 0.2) is 47.5 Å². The van der Waals surface area contributed by atoms with E-state index in [0.717, 1.165) is 29.2 Å². The van der Waals surface area contributed by atoms with Gasteiger partial charge in [0.25, 0.3) is 15.7 Å². The van der Waals surface area contributed by atoms with Gasteiger partial charge in [0, 0.05) is 12.3 Å². The number of pyridine rings is 1. The van der Waals surface area contributed by atoms with Crippen molar-refractivity contribution in [2.24, 2.45) is 5.92 Å². The second-order valence-electron chi connectivity index (χ2n) is 7.29. The Bertz CT molecular complexity index is 1180. The topological polar surface area (TPSA) is 96.9 Å². The molecule has 2 unspecified atom stereocenters. The van der Waals surface area contributed by atoms with E-state index in [2.05, 4.69) is 4.98 Å². The summed E-state index contributed by atoms with van der Waals surface area (Å²) in [6.45, 7) is 1.80. The van der Waals surface area contributed by atoms with Crippen LogP contribution < -0.4 is 14.5 Å². The normalized spacial score (nSPS) is 23.6. The number of nitrogens with zero attached hydrogens (tertiary/aromatic N) is 3. The molecule has 2 heterocycles. The number of anilines is 2. The molecule has 4 rings (SSSR count). The number of urea groups is 1. The minimum atomic E-state index is -5.54. The van der Waals surface area contributed by atoms with Gasteiger partial charge >= 0.3 is 11.5 Å². The molecule has 0 bridgehead atoms. The number of carbonyl (C=O) groups excluding carboxylic acids is 2. The summed E-state index contributed by atoms with van der Waals surface area (Å²) in [5.41, 5.74) is -6.23. The molecule has 2 fully saturated rings. The van der Waals surface area contributed by atoms with E-state index in [-0.39, 0.29) is 17.5 Å². The molecule has 0 N–H and O–H groups in total. The molecule has 1 aliphatic heterocycles. The first-order valence-corrected chi connectivity index (χ1v) is 10.5. The van der Waals surface area contributed by atoms with Crippen LogP contribution in [0.4, 0.5) is 29.3 Å². The maximum Gasteiger partial charge on any atom is 0.501 e. The number of halogens is 3. The minimum Gasteiger partial charge on any atom is -0.481 e. The average Bonchev–Trinajstić information content (AvgIpc) is 3.33. The van der Waals surface area contributed by atoms with Crippen LogP contribution in [0.2, 0.25) is 0 Å². The molecule has 164 valence electrons. The molecule has 1 saturated carbocycles. The number of hydrogen-bond donors (Lipinski definition) is 0. The highest BCUT2D eigenvalue weighted by Crippen LogP contribution is 2.55. The number of benzene rings is 1. The lowest BCUT2D eigenvalue weighted by atomic mass is 10.1. The Morgan fingerprint density at radius 2 is 1.74 bits per heavy atom. The van der Waals surface area contributed by atoms with Gasteiger partial charge in [0.15, 0.2) is 0 Å². The third-order valence-electron chi connectivity index (χ3n) is 5.52. The van der Waals surface area contributed by atoms with Crippen LogP contribution in [0.1, 0.15) is 13.3 Å². The molecule has 12 heteroatoms. The van der Waals surface area contributed by atoms with Crippen LogP contribution in [-0.2, 0) is 14.6 Å². The maximum atomic E-state index is 13.2. The monoisotopic (exact) mass is 455 g/mol. The van der Waals surface area contributed by atoms with E-state index < -0.39 is 37.7 Å². The lowest BCUT2D eigenvalue weighted by Gasteiger charge is -2.22. The molecule has 2 aliphatic rings. The molecule has 1 aromatic carbocycles. The average molecular weight is 455 g/mol. The van der Waals surface area contributed by atoms with Crippen molar-refractivity contribution in [1.29, 1.82) is 0 Å². The van der Waals surface area contributed by atoms with Gasteiger partial charge in [-0.3, -0.25) is 9.69 Å². The van der Waals surface area contributed by atoms with Crippen molar-refractivity contribution in [2.45, 2.75) is 29.3 Å². The summed E-state index contributed by atoms with van der Waals surface area (Å²) in [6, 6.07) is 5.80. The minimum absolute atomic E-state index is 0.0295. The molecule has 2 aromatic rings. The van der Waals surface area contributed by atoms with Crippen molar-refractivity contribution < 1.29 is 35.9 Å².